The van der Waals surface area contributed by atoms with E-state index in [1.807, 2.05) is 6.07 Å². The van der Waals surface area contributed by atoms with Crippen LogP contribution >= 0.6 is 0 Å². The lowest BCUT2D eigenvalue weighted by Crippen LogP contribution is -2.48. The number of halogens is 1. The first kappa shape index (κ1) is 19.4. The van der Waals surface area contributed by atoms with E-state index in [1.54, 1.807) is 31.2 Å². The van der Waals surface area contributed by atoms with Crippen LogP contribution in [0.15, 0.2) is 54.6 Å². The minimum atomic E-state index is -1.33. The number of amides is 1. The van der Waals surface area contributed by atoms with Gasteiger partial charge in [0, 0.05) is 7.11 Å². The zero-order chi connectivity index (χ0) is 19.2. The fourth-order valence-corrected chi connectivity index (χ4v) is 2.31. The largest absolute Gasteiger partial charge is 0.478 e. The standard InChI is InChI=1S/C19H20FNO5/c1-19(25-2,13-6-4-3-5-7-13)18(24)21-12-16(17(22)23)26-15-10-8-14(20)9-11-15/h3-11,16H,12H2,1-2H3,(H,21,24)(H,22,23). The van der Waals surface area contributed by atoms with Crippen molar-refractivity contribution in [1.29, 1.82) is 0 Å². The molecule has 138 valence electrons. The van der Waals surface area contributed by atoms with Gasteiger partial charge in [-0.2, -0.15) is 0 Å². The van der Waals surface area contributed by atoms with Gasteiger partial charge < -0.3 is 19.9 Å². The second-order valence-electron chi connectivity index (χ2n) is 5.71. The maximum atomic E-state index is 12.9. The fraction of sp³-hybridized carbons (Fsp3) is 0.263. The van der Waals surface area contributed by atoms with Gasteiger partial charge in [-0.3, -0.25) is 4.79 Å². The Morgan fingerprint density at radius 3 is 2.31 bits per heavy atom. The van der Waals surface area contributed by atoms with Crippen LogP contribution in [-0.4, -0.2) is 36.7 Å². The first-order valence-corrected chi connectivity index (χ1v) is 7.91. The zero-order valence-electron chi connectivity index (χ0n) is 14.4. The van der Waals surface area contributed by atoms with Gasteiger partial charge in [0.05, 0.1) is 6.54 Å². The molecular weight excluding hydrogens is 341 g/mol. The lowest BCUT2D eigenvalue weighted by molar-refractivity contribution is -0.147. The molecule has 0 aromatic heterocycles. The van der Waals surface area contributed by atoms with E-state index in [0.29, 0.717) is 5.56 Å². The van der Waals surface area contributed by atoms with Gasteiger partial charge in [0.15, 0.2) is 5.60 Å². The van der Waals surface area contributed by atoms with Gasteiger partial charge in [0.25, 0.3) is 5.91 Å². The Balaban J connectivity index is 2.06. The number of carbonyl (C=O) groups is 2. The number of carbonyl (C=O) groups excluding carboxylic acids is 1. The Hall–Kier alpha value is -2.93. The third-order valence-electron chi connectivity index (χ3n) is 3.98. The van der Waals surface area contributed by atoms with Crippen molar-refractivity contribution in [1.82, 2.24) is 5.32 Å². The molecule has 1 amide bonds. The minimum Gasteiger partial charge on any atom is -0.478 e. The molecule has 0 spiro atoms. The normalized spacial score (nSPS) is 14.1. The third-order valence-corrected chi connectivity index (χ3v) is 3.98. The predicted octanol–water partition coefficient (Wildman–Crippen LogP) is 2.34. The molecule has 0 radical (unpaired) electrons. The van der Waals surface area contributed by atoms with Crippen LogP contribution in [0, 0.1) is 5.82 Å². The second kappa shape index (κ2) is 8.44. The van der Waals surface area contributed by atoms with Gasteiger partial charge in [-0.05, 0) is 36.8 Å². The molecule has 0 aliphatic heterocycles. The van der Waals surface area contributed by atoms with Gasteiger partial charge in [-0.25, -0.2) is 9.18 Å². The summed E-state index contributed by atoms with van der Waals surface area (Å²) < 4.78 is 23.6. The topological polar surface area (TPSA) is 84.9 Å². The summed E-state index contributed by atoms with van der Waals surface area (Å²) in [6, 6.07) is 13.8. The molecular formula is C19H20FNO5. The summed E-state index contributed by atoms with van der Waals surface area (Å²) in [4.78, 5) is 24.0. The molecule has 2 aromatic carbocycles. The third kappa shape index (κ3) is 4.58. The van der Waals surface area contributed by atoms with Crippen molar-refractivity contribution in [3.63, 3.8) is 0 Å². The highest BCUT2D eigenvalue weighted by Crippen LogP contribution is 2.24. The van der Waals surface area contributed by atoms with Crippen LogP contribution in [-0.2, 0) is 19.9 Å². The fourth-order valence-electron chi connectivity index (χ4n) is 2.31. The van der Waals surface area contributed by atoms with Crippen LogP contribution in [0.1, 0.15) is 12.5 Å². The maximum absolute atomic E-state index is 12.9. The molecule has 7 heteroatoms. The SMILES string of the molecule is COC(C)(C(=O)NCC(Oc1ccc(F)cc1)C(=O)O)c1ccccc1. The van der Waals surface area contributed by atoms with E-state index >= 15 is 0 Å². The van der Waals surface area contributed by atoms with Gasteiger partial charge in [-0.15, -0.1) is 0 Å². The molecule has 2 atom stereocenters. The molecule has 0 bridgehead atoms. The number of carboxylic acid groups (broad SMARTS) is 1. The van der Waals surface area contributed by atoms with E-state index < -0.39 is 29.4 Å². The quantitative estimate of drug-likeness (QED) is 0.754. The molecule has 0 fully saturated rings. The van der Waals surface area contributed by atoms with E-state index in [1.165, 1.54) is 19.2 Å². The van der Waals surface area contributed by atoms with Crippen molar-refractivity contribution in [2.24, 2.45) is 0 Å². The molecule has 0 aliphatic rings. The smallest absolute Gasteiger partial charge is 0.346 e. The number of benzene rings is 2. The second-order valence-corrected chi connectivity index (χ2v) is 5.71. The molecule has 0 heterocycles. The highest BCUT2D eigenvalue weighted by molar-refractivity contribution is 5.86. The Bertz CT molecular complexity index is 750. The van der Waals surface area contributed by atoms with E-state index in [0.717, 1.165) is 12.1 Å². The minimum absolute atomic E-state index is 0.186. The van der Waals surface area contributed by atoms with Crippen molar-refractivity contribution in [3.8, 4) is 5.75 Å². The number of methoxy groups -OCH3 is 1. The summed E-state index contributed by atoms with van der Waals surface area (Å²) in [5, 5.41) is 11.8. The highest BCUT2D eigenvalue weighted by Gasteiger charge is 2.36. The number of aliphatic carboxylic acids is 1. The molecule has 2 N–H and O–H groups in total. The van der Waals surface area contributed by atoms with E-state index in [2.05, 4.69) is 5.32 Å². The van der Waals surface area contributed by atoms with Crippen LogP contribution in [0.2, 0.25) is 0 Å². The average Bonchev–Trinajstić information content (AvgIpc) is 2.66. The molecule has 6 nitrogen and oxygen atoms in total. The van der Waals surface area contributed by atoms with Gasteiger partial charge in [0.2, 0.25) is 6.10 Å². The Kier molecular flexibility index (Phi) is 6.30. The Morgan fingerprint density at radius 1 is 1.15 bits per heavy atom. The van der Waals surface area contributed by atoms with Crippen LogP contribution in [0.5, 0.6) is 5.75 Å². The van der Waals surface area contributed by atoms with Crippen molar-refractivity contribution in [3.05, 3.63) is 66.0 Å². The Labute approximate surface area is 150 Å². The lowest BCUT2D eigenvalue weighted by Gasteiger charge is -2.28. The van der Waals surface area contributed by atoms with Gasteiger partial charge in [-0.1, -0.05) is 30.3 Å². The number of nitrogens with one attached hydrogen (secondary N) is 1. The van der Waals surface area contributed by atoms with Crippen LogP contribution in [0.25, 0.3) is 0 Å². The number of carboxylic acids is 1. The van der Waals surface area contributed by atoms with E-state index in [9.17, 15) is 19.1 Å². The van der Waals surface area contributed by atoms with E-state index in [4.69, 9.17) is 9.47 Å². The molecule has 2 rings (SSSR count). The average molecular weight is 361 g/mol. The summed E-state index contributed by atoms with van der Waals surface area (Å²) in [6.07, 6.45) is -1.33. The summed E-state index contributed by atoms with van der Waals surface area (Å²) >= 11 is 0. The molecule has 26 heavy (non-hydrogen) atoms. The lowest BCUT2D eigenvalue weighted by atomic mass is 9.94. The molecule has 0 aliphatic carbocycles. The zero-order valence-corrected chi connectivity index (χ0v) is 14.4. The first-order valence-electron chi connectivity index (χ1n) is 7.91. The number of hydrogen-bond acceptors (Lipinski definition) is 4. The molecule has 0 saturated heterocycles. The van der Waals surface area contributed by atoms with Crippen molar-refractivity contribution in [2.45, 2.75) is 18.6 Å². The highest BCUT2D eigenvalue weighted by atomic mass is 19.1. The van der Waals surface area contributed by atoms with Crippen LogP contribution in [0.3, 0.4) is 0 Å². The Morgan fingerprint density at radius 2 is 1.77 bits per heavy atom. The molecule has 2 aromatic rings. The predicted molar refractivity (Wildman–Crippen MR) is 92.3 cm³/mol. The monoisotopic (exact) mass is 361 g/mol. The number of ether oxygens (including phenoxy) is 2. The van der Waals surface area contributed by atoms with Crippen molar-refractivity contribution >= 4 is 11.9 Å². The van der Waals surface area contributed by atoms with Crippen molar-refractivity contribution in [2.75, 3.05) is 13.7 Å². The summed E-state index contributed by atoms with van der Waals surface area (Å²) in [6.45, 7) is 1.31. The van der Waals surface area contributed by atoms with E-state index in [-0.39, 0.29) is 12.3 Å². The number of hydrogen-bond donors (Lipinski definition) is 2. The van der Waals surface area contributed by atoms with Crippen LogP contribution < -0.4 is 10.1 Å². The summed E-state index contributed by atoms with van der Waals surface area (Å²) in [5.74, 6) is -2.03. The summed E-state index contributed by atoms with van der Waals surface area (Å²) in [7, 11) is 1.40. The van der Waals surface area contributed by atoms with Crippen LogP contribution in [0.4, 0.5) is 4.39 Å². The van der Waals surface area contributed by atoms with Crippen molar-refractivity contribution < 1.29 is 28.6 Å². The molecule has 2 unspecified atom stereocenters. The van der Waals surface area contributed by atoms with Gasteiger partial charge in [0.1, 0.15) is 11.6 Å². The summed E-state index contributed by atoms with van der Waals surface area (Å²) in [5.41, 5.74) is -0.647. The number of rotatable bonds is 8. The van der Waals surface area contributed by atoms with Gasteiger partial charge >= 0.3 is 5.97 Å². The maximum Gasteiger partial charge on any atom is 0.346 e. The molecule has 0 saturated carbocycles. The first-order chi connectivity index (χ1) is 12.4.